The average molecular weight is 465 g/mol. The van der Waals surface area contributed by atoms with Crippen LogP contribution in [0.5, 0.6) is 0 Å². The molecule has 178 valence electrons. The van der Waals surface area contributed by atoms with E-state index in [-0.39, 0.29) is 35.4 Å². The zero-order chi connectivity index (χ0) is 23.1. The van der Waals surface area contributed by atoms with Crippen LogP contribution in [0.2, 0.25) is 0 Å². The minimum Gasteiger partial charge on any atom is -0.374 e. The molecule has 3 rings (SSSR count). The van der Waals surface area contributed by atoms with Gasteiger partial charge in [0.05, 0.1) is 12.7 Å². The van der Waals surface area contributed by atoms with Crippen LogP contribution in [0.25, 0.3) is 0 Å². The molecule has 0 bridgehead atoms. The van der Waals surface area contributed by atoms with Crippen LogP contribution in [-0.4, -0.2) is 76.4 Å². The van der Waals surface area contributed by atoms with Crippen molar-refractivity contribution in [2.45, 2.75) is 76.6 Å². The van der Waals surface area contributed by atoms with Gasteiger partial charge in [0.15, 0.2) is 0 Å². The summed E-state index contributed by atoms with van der Waals surface area (Å²) in [5.74, 6) is -0.647. The van der Waals surface area contributed by atoms with Gasteiger partial charge in [-0.25, -0.2) is 0 Å². The summed E-state index contributed by atoms with van der Waals surface area (Å²) in [6, 6.07) is 2.99. The topological polar surface area (TPSA) is 74.8 Å². The number of hydrogen-bond acceptors (Lipinski definition) is 5. The van der Waals surface area contributed by atoms with E-state index in [0.717, 1.165) is 32.2 Å². The Hall–Kier alpha value is -1.70. The van der Waals surface area contributed by atoms with Crippen LogP contribution in [0, 0.1) is 0 Å². The smallest absolute Gasteiger partial charge is 0.247 e. The summed E-state index contributed by atoms with van der Waals surface area (Å²) in [5, 5.41) is 3.19. The first-order chi connectivity index (χ1) is 15.3. The summed E-state index contributed by atoms with van der Waals surface area (Å²) in [5.41, 5.74) is 0.688. The van der Waals surface area contributed by atoms with Crippen LogP contribution in [0.1, 0.15) is 64.5 Å². The van der Waals surface area contributed by atoms with Crippen LogP contribution >= 0.6 is 11.6 Å². The van der Waals surface area contributed by atoms with Crippen LogP contribution < -0.4 is 5.32 Å². The minimum absolute atomic E-state index is 0.00443. The van der Waals surface area contributed by atoms with Crippen LogP contribution in [0.15, 0.2) is 24.5 Å². The van der Waals surface area contributed by atoms with Crippen molar-refractivity contribution in [3.8, 4) is 0 Å². The van der Waals surface area contributed by atoms with Crippen molar-refractivity contribution in [3.63, 3.8) is 0 Å². The number of ether oxygens (including phenoxy) is 1. The zero-order valence-corrected chi connectivity index (χ0v) is 20.3. The molecule has 1 saturated heterocycles. The summed E-state index contributed by atoms with van der Waals surface area (Å²) < 4.78 is 6.02. The average Bonchev–Trinajstić information content (AvgIpc) is 2.79. The Bertz CT molecular complexity index is 749. The Kier molecular flexibility index (Phi) is 8.91. The summed E-state index contributed by atoms with van der Waals surface area (Å²) >= 11 is 6.00. The number of nitrogens with one attached hydrogen (secondary N) is 1. The molecule has 0 radical (unpaired) electrons. The number of nitrogens with zero attached hydrogens (tertiary/aromatic N) is 3. The van der Waals surface area contributed by atoms with Crippen molar-refractivity contribution in [2.75, 3.05) is 32.1 Å². The Labute approximate surface area is 196 Å². The molecule has 1 aliphatic heterocycles. The fourth-order valence-corrected chi connectivity index (χ4v) is 4.78. The third kappa shape index (κ3) is 6.65. The van der Waals surface area contributed by atoms with E-state index in [2.05, 4.69) is 36.0 Å². The van der Waals surface area contributed by atoms with Crippen molar-refractivity contribution in [2.24, 2.45) is 0 Å². The van der Waals surface area contributed by atoms with Crippen LogP contribution in [-0.2, 0) is 14.3 Å². The number of morpholine rings is 1. The van der Waals surface area contributed by atoms with Gasteiger partial charge in [0.1, 0.15) is 11.9 Å². The molecule has 2 atom stereocenters. The van der Waals surface area contributed by atoms with E-state index in [1.807, 2.05) is 6.07 Å². The number of amides is 2. The van der Waals surface area contributed by atoms with Gasteiger partial charge in [-0.2, -0.15) is 0 Å². The van der Waals surface area contributed by atoms with Gasteiger partial charge in [0.25, 0.3) is 0 Å². The molecule has 2 aliphatic rings. The van der Waals surface area contributed by atoms with Gasteiger partial charge in [-0.3, -0.25) is 19.5 Å². The molecule has 1 aromatic heterocycles. The van der Waals surface area contributed by atoms with Crippen LogP contribution in [0.4, 0.5) is 0 Å². The number of carbonyl (C=O) groups excluding carboxylic acids is 2. The quantitative estimate of drug-likeness (QED) is 0.627. The summed E-state index contributed by atoms with van der Waals surface area (Å²) in [6.45, 7) is 8.96. The molecule has 1 saturated carbocycles. The SMILES string of the molecule is CC(C)(C)N1CCOC(CN(C(=O)CCl)C(C(=O)NC2CCCCC2)c2cccnc2)C1. The molecule has 0 aromatic carbocycles. The van der Waals surface area contributed by atoms with E-state index < -0.39 is 6.04 Å². The molecule has 1 aliphatic carbocycles. The van der Waals surface area contributed by atoms with E-state index >= 15 is 0 Å². The van der Waals surface area contributed by atoms with Crippen molar-refractivity contribution in [1.82, 2.24) is 20.1 Å². The van der Waals surface area contributed by atoms with Gasteiger partial charge in [0, 0.05) is 49.2 Å². The fraction of sp³-hybridized carbons (Fsp3) is 0.708. The standard InChI is InChI=1S/C24H37ClN4O3/c1-24(2,3)28-12-13-32-20(16-28)17-29(21(30)14-25)22(18-8-7-11-26-15-18)23(31)27-19-9-5-4-6-10-19/h7-8,11,15,19-20,22H,4-6,9-10,12-14,16-17H2,1-3H3,(H,27,31). The second-order valence-corrected chi connectivity index (χ2v) is 10.1. The maximum absolute atomic E-state index is 13.5. The largest absolute Gasteiger partial charge is 0.374 e. The molecule has 32 heavy (non-hydrogen) atoms. The third-order valence-electron chi connectivity index (χ3n) is 6.43. The molecule has 1 N–H and O–H groups in total. The highest BCUT2D eigenvalue weighted by atomic mass is 35.5. The van der Waals surface area contributed by atoms with Gasteiger partial charge in [-0.1, -0.05) is 25.3 Å². The third-order valence-corrected chi connectivity index (χ3v) is 6.66. The lowest BCUT2D eigenvalue weighted by atomic mass is 9.94. The number of alkyl halides is 1. The monoisotopic (exact) mass is 464 g/mol. The lowest BCUT2D eigenvalue weighted by Gasteiger charge is -2.43. The van der Waals surface area contributed by atoms with E-state index in [1.54, 1.807) is 23.4 Å². The highest BCUT2D eigenvalue weighted by Gasteiger charge is 2.36. The Morgan fingerprint density at radius 1 is 1.31 bits per heavy atom. The lowest BCUT2D eigenvalue weighted by Crippen LogP contribution is -2.56. The summed E-state index contributed by atoms with van der Waals surface area (Å²) in [6.07, 6.45) is 8.51. The molecular weight excluding hydrogens is 428 g/mol. The molecular formula is C24H37ClN4O3. The van der Waals surface area contributed by atoms with E-state index in [4.69, 9.17) is 16.3 Å². The highest BCUT2D eigenvalue weighted by molar-refractivity contribution is 6.27. The fourth-order valence-electron chi connectivity index (χ4n) is 4.62. The van der Waals surface area contributed by atoms with Crippen molar-refractivity contribution < 1.29 is 14.3 Å². The lowest BCUT2D eigenvalue weighted by molar-refractivity contribution is -0.144. The second kappa shape index (κ2) is 11.4. The van der Waals surface area contributed by atoms with Gasteiger partial charge in [-0.05, 0) is 39.7 Å². The summed E-state index contributed by atoms with van der Waals surface area (Å²) in [7, 11) is 0. The first-order valence-corrected chi connectivity index (χ1v) is 12.3. The highest BCUT2D eigenvalue weighted by Crippen LogP contribution is 2.26. The predicted molar refractivity (Wildman–Crippen MR) is 125 cm³/mol. The first kappa shape index (κ1) is 24.9. The van der Waals surface area contributed by atoms with E-state index in [1.165, 1.54) is 6.42 Å². The Morgan fingerprint density at radius 3 is 2.69 bits per heavy atom. The van der Waals surface area contributed by atoms with E-state index in [9.17, 15) is 9.59 Å². The van der Waals surface area contributed by atoms with Crippen molar-refractivity contribution in [3.05, 3.63) is 30.1 Å². The normalized spacial score (nSPS) is 21.7. The van der Waals surface area contributed by atoms with Crippen molar-refractivity contribution in [1.29, 1.82) is 0 Å². The Morgan fingerprint density at radius 2 is 2.06 bits per heavy atom. The zero-order valence-electron chi connectivity index (χ0n) is 19.6. The van der Waals surface area contributed by atoms with E-state index in [0.29, 0.717) is 25.3 Å². The number of aromatic nitrogens is 1. The minimum atomic E-state index is -0.787. The number of rotatable bonds is 7. The molecule has 8 heteroatoms. The number of hydrogen-bond donors (Lipinski definition) is 1. The maximum Gasteiger partial charge on any atom is 0.247 e. The van der Waals surface area contributed by atoms with Gasteiger partial charge in [0.2, 0.25) is 11.8 Å². The van der Waals surface area contributed by atoms with Crippen LogP contribution in [0.3, 0.4) is 0 Å². The van der Waals surface area contributed by atoms with Gasteiger partial charge >= 0.3 is 0 Å². The maximum atomic E-state index is 13.5. The van der Waals surface area contributed by atoms with Gasteiger partial charge < -0.3 is 15.0 Å². The number of halogens is 1. The molecule has 7 nitrogen and oxygen atoms in total. The van der Waals surface area contributed by atoms with Gasteiger partial charge in [-0.15, -0.1) is 11.6 Å². The predicted octanol–water partition coefficient (Wildman–Crippen LogP) is 3.14. The second-order valence-electron chi connectivity index (χ2n) is 9.82. The molecule has 2 fully saturated rings. The first-order valence-electron chi connectivity index (χ1n) is 11.7. The molecule has 1 aromatic rings. The number of carbonyl (C=O) groups is 2. The molecule has 2 amide bonds. The molecule has 2 unspecified atom stereocenters. The van der Waals surface area contributed by atoms with Crippen molar-refractivity contribution >= 4 is 23.4 Å². The molecule has 0 spiro atoms. The molecule has 2 heterocycles. The number of pyridine rings is 1. The Balaban J connectivity index is 1.83. The summed E-state index contributed by atoms with van der Waals surface area (Å²) in [4.78, 5) is 34.7.